The molecule has 0 aliphatic carbocycles. The van der Waals surface area contributed by atoms with Crippen LogP contribution < -0.4 is 4.72 Å². The van der Waals surface area contributed by atoms with E-state index < -0.39 is 21.8 Å². The van der Waals surface area contributed by atoms with Crippen LogP contribution in [0.25, 0.3) is 11.1 Å². The van der Waals surface area contributed by atoms with Crippen LogP contribution in [-0.2, 0) is 14.8 Å². The second-order valence-corrected chi connectivity index (χ2v) is 7.78. The standard InChI is InChI=1S/C18H18FNO5S/c19-17-6-2-1-5-16(17)12-8-13(18(21)22)10-15(9-12)26(23,24)20-11-14-4-3-7-25-14/h1-2,5-6,8-10,14,20H,3-4,7,11H2,(H,21,22). The van der Waals surface area contributed by atoms with Crippen LogP contribution in [-0.4, -0.2) is 38.7 Å². The van der Waals surface area contributed by atoms with Crippen LogP contribution in [0.15, 0.2) is 47.4 Å². The number of aromatic carboxylic acids is 1. The molecule has 0 amide bonds. The number of ether oxygens (including phenoxy) is 1. The summed E-state index contributed by atoms with van der Waals surface area (Å²) in [5.41, 5.74) is 0.0786. The van der Waals surface area contributed by atoms with Gasteiger partial charge in [-0.3, -0.25) is 0 Å². The number of hydrogen-bond donors (Lipinski definition) is 2. The van der Waals surface area contributed by atoms with Gasteiger partial charge < -0.3 is 9.84 Å². The van der Waals surface area contributed by atoms with Crippen LogP contribution in [0.5, 0.6) is 0 Å². The highest BCUT2D eigenvalue weighted by molar-refractivity contribution is 7.89. The van der Waals surface area contributed by atoms with Gasteiger partial charge in [0.2, 0.25) is 10.0 Å². The summed E-state index contributed by atoms with van der Waals surface area (Å²) in [5, 5.41) is 9.29. The minimum Gasteiger partial charge on any atom is -0.478 e. The van der Waals surface area contributed by atoms with Crippen molar-refractivity contribution in [2.45, 2.75) is 23.8 Å². The fraction of sp³-hybridized carbons (Fsp3) is 0.278. The third-order valence-electron chi connectivity index (χ3n) is 4.17. The summed E-state index contributed by atoms with van der Waals surface area (Å²) in [7, 11) is -3.96. The molecular formula is C18H18FNO5S. The molecule has 26 heavy (non-hydrogen) atoms. The van der Waals surface area contributed by atoms with E-state index in [1.54, 1.807) is 6.07 Å². The predicted molar refractivity (Wildman–Crippen MR) is 93.0 cm³/mol. The van der Waals surface area contributed by atoms with Gasteiger partial charge in [-0.1, -0.05) is 18.2 Å². The van der Waals surface area contributed by atoms with Gasteiger partial charge in [-0.05, 0) is 42.7 Å². The first-order chi connectivity index (χ1) is 12.4. The van der Waals surface area contributed by atoms with Gasteiger partial charge in [0, 0.05) is 18.7 Å². The van der Waals surface area contributed by atoms with Crippen molar-refractivity contribution in [3.8, 4) is 11.1 Å². The Morgan fingerprint density at radius 1 is 1.27 bits per heavy atom. The summed E-state index contributed by atoms with van der Waals surface area (Å²) in [5.74, 6) is -1.86. The number of carboxylic acids is 1. The summed E-state index contributed by atoms with van der Waals surface area (Å²) in [6.45, 7) is 0.701. The van der Waals surface area contributed by atoms with Gasteiger partial charge >= 0.3 is 5.97 Å². The summed E-state index contributed by atoms with van der Waals surface area (Å²) >= 11 is 0. The largest absolute Gasteiger partial charge is 0.478 e. The third-order valence-corrected chi connectivity index (χ3v) is 5.58. The molecule has 1 aliphatic rings. The van der Waals surface area contributed by atoms with E-state index in [1.165, 1.54) is 30.3 Å². The molecule has 1 fully saturated rings. The first kappa shape index (κ1) is 18.5. The molecule has 2 aromatic carbocycles. The molecular weight excluding hydrogens is 361 g/mol. The molecule has 0 saturated carbocycles. The van der Waals surface area contributed by atoms with E-state index in [9.17, 15) is 22.7 Å². The Labute approximate surface area is 150 Å². The van der Waals surface area contributed by atoms with Gasteiger partial charge in [0.1, 0.15) is 5.82 Å². The zero-order valence-corrected chi connectivity index (χ0v) is 14.6. The fourth-order valence-corrected chi connectivity index (χ4v) is 3.96. The summed E-state index contributed by atoms with van der Waals surface area (Å²) in [6.07, 6.45) is 1.44. The second kappa shape index (κ2) is 7.53. The van der Waals surface area contributed by atoms with Crippen molar-refractivity contribution in [2.75, 3.05) is 13.2 Å². The first-order valence-corrected chi connectivity index (χ1v) is 9.60. The highest BCUT2D eigenvalue weighted by Gasteiger charge is 2.22. The van der Waals surface area contributed by atoms with Crippen LogP contribution in [0, 0.1) is 5.82 Å². The average Bonchev–Trinajstić information content (AvgIpc) is 3.14. The molecule has 0 bridgehead atoms. The van der Waals surface area contributed by atoms with Crippen LogP contribution in [0.3, 0.4) is 0 Å². The Morgan fingerprint density at radius 2 is 2.04 bits per heavy atom. The van der Waals surface area contributed by atoms with Gasteiger partial charge in [0.15, 0.2) is 0 Å². The number of carboxylic acid groups (broad SMARTS) is 1. The Kier molecular flexibility index (Phi) is 5.36. The fourth-order valence-electron chi connectivity index (χ4n) is 2.82. The van der Waals surface area contributed by atoms with Gasteiger partial charge in [-0.15, -0.1) is 0 Å². The topological polar surface area (TPSA) is 92.7 Å². The highest BCUT2D eigenvalue weighted by Crippen LogP contribution is 2.27. The lowest BCUT2D eigenvalue weighted by atomic mass is 10.0. The lowest BCUT2D eigenvalue weighted by Gasteiger charge is -2.13. The first-order valence-electron chi connectivity index (χ1n) is 8.11. The van der Waals surface area contributed by atoms with E-state index in [0.29, 0.717) is 6.61 Å². The van der Waals surface area contributed by atoms with Crippen molar-refractivity contribution in [1.82, 2.24) is 4.72 Å². The van der Waals surface area contributed by atoms with Gasteiger partial charge in [0.05, 0.1) is 16.6 Å². The lowest BCUT2D eigenvalue weighted by molar-refractivity contribution is 0.0696. The molecule has 2 N–H and O–H groups in total. The van der Waals surface area contributed by atoms with Crippen LogP contribution >= 0.6 is 0 Å². The van der Waals surface area contributed by atoms with Crippen molar-refractivity contribution in [3.63, 3.8) is 0 Å². The molecule has 1 unspecified atom stereocenters. The maximum absolute atomic E-state index is 14.1. The second-order valence-electron chi connectivity index (χ2n) is 6.02. The SMILES string of the molecule is O=C(O)c1cc(-c2ccccc2F)cc(S(=O)(=O)NCC2CCCO2)c1. The number of nitrogens with one attached hydrogen (secondary N) is 1. The summed E-state index contributed by atoms with van der Waals surface area (Å²) in [4.78, 5) is 11.2. The number of halogens is 1. The Balaban J connectivity index is 1.97. The van der Waals surface area contributed by atoms with Gasteiger partial charge in [-0.25, -0.2) is 22.3 Å². The van der Waals surface area contributed by atoms with E-state index in [0.717, 1.165) is 18.9 Å². The van der Waals surface area contributed by atoms with E-state index in [4.69, 9.17) is 4.74 Å². The van der Waals surface area contributed by atoms with Crippen molar-refractivity contribution >= 4 is 16.0 Å². The van der Waals surface area contributed by atoms with E-state index >= 15 is 0 Å². The molecule has 8 heteroatoms. The van der Waals surface area contributed by atoms with Crippen LogP contribution in [0.1, 0.15) is 23.2 Å². The molecule has 1 aliphatic heterocycles. The van der Waals surface area contributed by atoms with Crippen molar-refractivity contribution in [2.24, 2.45) is 0 Å². The quantitative estimate of drug-likeness (QED) is 0.805. The molecule has 3 rings (SSSR count). The maximum Gasteiger partial charge on any atom is 0.335 e. The number of benzene rings is 2. The average molecular weight is 379 g/mol. The van der Waals surface area contributed by atoms with Crippen molar-refractivity contribution in [3.05, 3.63) is 53.8 Å². The summed E-state index contributed by atoms with van der Waals surface area (Å²) < 4.78 is 47.0. The lowest BCUT2D eigenvalue weighted by Crippen LogP contribution is -2.32. The van der Waals surface area contributed by atoms with Crippen LogP contribution in [0.2, 0.25) is 0 Å². The minimum absolute atomic E-state index is 0.106. The third kappa shape index (κ3) is 4.09. The zero-order chi connectivity index (χ0) is 18.7. The predicted octanol–water partition coefficient (Wildman–Crippen LogP) is 2.65. The van der Waals surface area contributed by atoms with E-state index in [1.807, 2.05) is 0 Å². The van der Waals surface area contributed by atoms with Crippen LogP contribution in [0.4, 0.5) is 4.39 Å². The Hall–Kier alpha value is -2.29. The van der Waals surface area contributed by atoms with Gasteiger partial charge in [-0.2, -0.15) is 0 Å². The molecule has 1 heterocycles. The van der Waals surface area contributed by atoms with Crippen molar-refractivity contribution in [1.29, 1.82) is 0 Å². The Bertz CT molecular complexity index is 923. The van der Waals surface area contributed by atoms with E-state index in [-0.39, 0.29) is 34.2 Å². The minimum atomic E-state index is -3.96. The normalized spacial score (nSPS) is 17.3. The highest BCUT2D eigenvalue weighted by atomic mass is 32.2. The van der Waals surface area contributed by atoms with E-state index in [2.05, 4.69) is 4.72 Å². The Morgan fingerprint density at radius 3 is 2.69 bits per heavy atom. The zero-order valence-electron chi connectivity index (χ0n) is 13.8. The monoisotopic (exact) mass is 379 g/mol. The van der Waals surface area contributed by atoms with Crippen molar-refractivity contribution < 1.29 is 27.4 Å². The maximum atomic E-state index is 14.1. The number of sulfonamides is 1. The molecule has 1 saturated heterocycles. The molecule has 138 valence electrons. The number of rotatable bonds is 6. The summed E-state index contributed by atoms with van der Waals surface area (Å²) in [6, 6.07) is 9.36. The van der Waals surface area contributed by atoms with Gasteiger partial charge in [0.25, 0.3) is 0 Å². The number of carbonyl (C=O) groups is 1. The molecule has 0 aromatic heterocycles. The molecule has 0 spiro atoms. The molecule has 6 nitrogen and oxygen atoms in total. The molecule has 1 atom stereocenters. The number of hydrogen-bond acceptors (Lipinski definition) is 4. The molecule has 0 radical (unpaired) electrons. The smallest absolute Gasteiger partial charge is 0.335 e. The molecule has 2 aromatic rings.